The first-order chi connectivity index (χ1) is 7.84. The van der Waals surface area contributed by atoms with Crippen molar-refractivity contribution < 1.29 is 4.79 Å². The highest BCUT2D eigenvalue weighted by molar-refractivity contribution is 6.18. The van der Waals surface area contributed by atoms with E-state index in [0.717, 1.165) is 18.6 Å². The topological polar surface area (TPSA) is 66.2 Å². The van der Waals surface area contributed by atoms with Gasteiger partial charge in [-0.05, 0) is 31.3 Å². The lowest BCUT2D eigenvalue weighted by atomic mass is 9.87. The van der Waals surface area contributed by atoms with Crippen molar-refractivity contribution in [2.45, 2.75) is 25.7 Å². The highest BCUT2D eigenvalue weighted by Gasteiger charge is 2.29. The van der Waals surface area contributed by atoms with Gasteiger partial charge in [0.05, 0.1) is 0 Å². The first-order valence-corrected chi connectivity index (χ1v) is 5.52. The number of aliphatic imine (C=N–C) groups is 2. The molecule has 1 aliphatic carbocycles. The molecule has 2 heterocycles. The van der Waals surface area contributed by atoms with Crippen LogP contribution < -0.4 is 5.43 Å². The summed E-state index contributed by atoms with van der Waals surface area (Å²) in [5.74, 6) is 0.0622. The number of nitrogens with zero attached hydrogens (tertiary/aromatic N) is 3. The van der Waals surface area contributed by atoms with Crippen molar-refractivity contribution in [1.29, 1.82) is 0 Å². The lowest BCUT2D eigenvalue weighted by Gasteiger charge is -2.23. The molecule has 1 saturated carbocycles. The Morgan fingerprint density at radius 3 is 3.12 bits per heavy atom. The van der Waals surface area contributed by atoms with Crippen LogP contribution in [0, 0.1) is 5.92 Å². The number of amidine groups is 1. The van der Waals surface area contributed by atoms with Gasteiger partial charge in [-0.3, -0.25) is 4.79 Å². The van der Waals surface area contributed by atoms with E-state index in [0.29, 0.717) is 5.84 Å². The van der Waals surface area contributed by atoms with Crippen LogP contribution in [-0.2, 0) is 4.79 Å². The van der Waals surface area contributed by atoms with Gasteiger partial charge in [0.2, 0.25) is 0 Å². The summed E-state index contributed by atoms with van der Waals surface area (Å²) in [6, 6.07) is 0. The van der Waals surface area contributed by atoms with Crippen LogP contribution in [0.15, 0.2) is 26.7 Å². The number of hydrogen-bond acceptors (Lipinski definition) is 4. The lowest BCUT2D eigenvalue weighted by molar-refractivity contribution is -0.121. The third-order valence-electron chi connectivity index (χ3n) is 3.08. The Kier molecular flexibility index (Phi) is 2.16. The van der Waals surface area contributed by atoms with Crippen molar-refractivity contribution in [2.24, 2.45) is 21.0 Å². The Morgan fingerprint density at radius 2 is 2.19 bits per heavy atom. The maximum Gasteiger partial charge on any atom is 0.254 e. The summed E-state index contributed by atoms with van der Waals surface area (Å²) in [6.07, 6.45) is 7.72. The molecular weight excluding hydrogens is 204 g/mol. The molecule has 1 N–H and O–H groups in total. The highest BCUT2D eigenvalue weighted by Crippen LogP contribution is 2.27. The quantitative estimate of drug-likeness (QED) is 0.645. The van der Waals surface area contributed by atoms with Crippen LogP contribution in [0.5, 0.6) is 0 Å². The van der Waals surface area contributed by atoms with E-state index in [1.807, 2.05) is 6.08 Å². The lowest BCUT2D eigenvalue weighted by Crippen LogP contribution is -2.33. The first kappa shape index (κ1) is 9.45. The largest absolute Gasteiger partial charge is 0.272 e. The molecule has 0 spiro atoms. The number of hydrazone groups is 1. The molecule has 0 aromatic heterocycles. The zero-order valence-corrected chi connectivity index (χ0v) is 8.81. The molecular formula is C11H12N4O. The van der Waals surface area contributed by atoms with Crippen molar-refractivity contribution >= 4 is 23.8 Å². The standard InChI is InChI=1S/C11H12N4O/c16-11-8-5-7-3-1-2-4-9(7)14-10(8)12-6-13-15-11/h5-6,8H,1-4H2,(H,15,16). The van der Waals surface area contributed by atoms with Gasteiger partial charge in [0.25, 0.3) is 5.91 Å². The van der Waals surface area contributed by atoms with Crippen LogP contribution in [-0.4, -0.2) is 23.8 Å². The van der Waals surface area contributed by atoms with Crippen LogP contribution in [0.2, 0.25) is 0 Å². The Balaban J connectivity index is 2.01. The molecule has 0 aromatic carbocycles. The minimum Gasteiger partial charge on any atom is -0.272 e. The minimum atomic E-state index is -0.362. The summed E-state index contributed by atoms with van der Waals surface area (Å²) in [4.78, 5) is 20.3. The van der Waals surface area contributed by atoms with Crippen molar-refractivity contribution in [3.63, 3.8) is 0 Å². The van der Waals surface area contributed by atoms with Gasteiger partial charge in [-0.25, -0.2) is 15.4 Å². The summed E-state index contributed by atoms with van der Waals surface area (Å²) in [6.45, 7) is 0. The molecule has 1 amide bonds. The van der Waals surface area contributed by atoms with E-state index in [2.05, 4.69) is 20.5 Å². The summed E-state index contributed by atoms with van der Waals surface area (Å²) in [5, 5.41) is 3.68. The summed E-state index contributed by atoms with van der Waals surface area (Å²) >= 11 is 0. The van der Waals surface area contributed by atoms with Gasteiger partial charge in [0, 0.05) is 5.71 Å². The zero-order chi connectivity index (χ0) is 11.0. The fourth-order valence-electron chi connectivity index (χ4n) is 2.26. The molecule has 5 heteroatoms. The predicted octanol–water partition coefficient (Wildman–Crippen LogP) is 1.03. The second-order valence-corrected chi connectivity index (χ2v) is 4.14. The van der Waals surface area contributed by atoms with Crippen LogP contribution in [0.3, 0.4) is 0 Å². The van der Waals surface area contributed by atoms with Gasteiger partial charge in [-0.2, -0.15) is 5.10 Å². The average Bonchev–Trinajstić information content (AvgIpc) is 2.49. The van der Waals surface area contributed by atoms with Crippen molar-refractivity contribution in [1.82, 2.24) is 5.43 Å². The summed E-state index contributed by atoms with van der Waals surface area (Å²) in [5.41, 5.74) is 4.76. The second kappa shape index (κ2) is 3.66. The van der Waals surface area contributed by atoms with E-state index < -0.39 is 0 Å². The number of carbonyl (C=O) groups is 1. The molecule has 0 saturated heterocycles. The highest BCUT2D eigenvalue weighted by atomic mass is 16.2. The number of fused-ring (bicyclic) bond motifs is 2. The Hall–Kier alpha value is -1.78. The minimum absolute atomic E-state index is 0.145. The van der Waals surface area contributed by atoms with E-state index in [-0.39, 0.29) is 11.8 Å². The zero-order valence-electron chi connectivity index (χ0n) is 8.81. The third-order valence-corrected chi connectivity index (χ3v) is 3.08. The molecule has 1 unspecified atom stereocenters. The van der Waals surface area contributed by atoms with E-state index in [4.69, 9.17) is 0 Å². The molecule has 1 atom stereocenters. The molecule has 2 aliphatic heterocycles. The predicted molar refractivity (Wildman–Crippen MR) is 61.5 cm³/mol. The van der Waals surface area contributed by atoms with Crippen LogP contribution in [0.4, 0.5) is 0 Å². The van der Waals surface area contributed by atoms with Gasteiger partial charge >= 0.3 is 0 Å². The fourth-order valence-corrected chi connectivity index (χ4v) is 2.26. The van der Waals surface area contributed by atoms with Gasteiger partial charge < -0.3 is 0 Å². The van der Waals surface area contributed by atoms with E-state index in [1.165, 1.54) is 24.8 Å². The second-order valence-electron chi connectivity index (χ2n) is 4.14. The third kappa shape index (κ3) is 1.48. The maximum absolute atomic E-state index is 11.7. The average molecular weight is 216 g/mol. The van der Waals surface area contributed by atoms with Crippen molar-refractivity contribution in [3.8, 4) is 0 Å². The summed E-state index contributed by atoms with van der Waals surface area (Å²) < 4.78 is 0. The fraction of sp³-hybridized carbons (Fsp3) is 0.455. The van der Waals surface area contributed by atoms with Gasteiger partial charge in [0.15, 0.2) is 0 Å². The summed E-state index contributed by atoms with van der Waals surface area (Å²) in [7, 11) is 0. The molecule has 3 aliphatic rings. The maximum atomic E-state index is 11.7. The number of allylic oxidation sites excluding steroid dienone is 1. The van der Waals surface area contributed by atoms with E-state index >= 15 is 0 Å². The number of rotatable bonds is 0. The van der Waals surface area contributed by atoms with E-state index in [1.54, 1.807) is 0 Å². The van der Waals surface area contributed by atoms with E-state index in [9.17, 15) is 4.79 Å². The van der Waals surface area contributed by atoms with Crippen LogP contribution in [0.1, 0.15) is 25.7 Å². The smallest absolute Gasteiger partial charge is 0.254 e. The Morgan fingerprint density at radius 1 is 1.31 bits per heavy atom. The normalized spacial score (nSPS) is 27.9. The molecule has 0 bridgehead atoms. The molecule has 3 rings (SSSR count). The van der Waals surface area contributed by atoms with Gasteiger partial charge in [0.1, 0.15) is 18.1 Å². The molecule has 82 valence electrons. The van der Waals surface area contributed by atoms with Crippen molar-refractivity contribution in [3.05, 3.63) is 11.6 Å². The number of hydrogen-bond donors (Lipinski definition) is 1. The monoisotopic (exact) mass is 216 g/mol. The molecule has 1 fully saturated rings. The number of amides is 1. The van der Waals surface area contributed by atoms with Crippen LogP contribution in [0.25, 0.3) is 0 Å². The Labute approximate surface area is 93.0 Å². The van der Waals surface area contributed by atoms with Gasteiger partial charge in [-0.1, -0.05) is 6.08 Å². The number of dihydropyridines is 1. The molecule has 0 aromatic rings. The molecule has 0 radical (unpaired) electrons. The first-order valence-electron chi connectivity index (χ1n) is 5.52. The van der Waals surface area contributed by atoms with Gasteiger partial charge in [-0.15, -0.1) is 0 Å². The number of nitrogens with one attached hydrogen (secondary N) is 1. The molecule has 5 nitrogen and oxygen atoms in total. The molecule has 16 heavy (non-hydrogen) atoms. The SMILES string of the molecule is O=C1NN=CN=C2N=C3CCCCC3=CC12. The van der Waals surface area contributed by atoms with Crippen molar-refractivity contribution in [2.75, 3.05) is 0 Å². The number of carbonyl (C=O) groups excluding carboxylic acids is 1. The van der Waals surface area contributed by atoms with Crippen LogP contribution >= 0.6 is 0 Å². The Bertz CT molecular complexity index is 459.